The molecule has 0 aromatic carbocycles. The summed E-state index contributed by atoms with van der Waals surface area (Å²) in [4.78, 5) is 25.6. The third kappa shape index (κ3) is 3.00. The van der Waals surface area contributed by atoms with Gasteiger partial charge in [-0.05, 0) is 34.8 Å². The average molecular weight is 329 g/mol. The molecule has 0 atom stereocenters. The number of aryl methyl sites for hydroxylation is 1. The lowest BCUT2D eigenvalue weighted by atomic mass is 9.97. The van der Waals surface area contributed by atoms with E-state index in [1.807, 2.05) is 19.3 Å². The fourth-order valence-electron chi connectivity index (χ4n) is 2.38. The highest BCUT2D eigenvalue weighted by atomic mass is 79.9. The molecule has 0 N–H and O–H groups in total. The minimum Gasteiger partial charge on any atom is -0.469 e. The minimum absolute atomic E-state index is 0.0107. The van der Waals surface area contributed by atoms with Gasteiger partial charge in [0.05, 0.1) is 13.0 Å². The third-order valence-electron chi connectivity index (χ3n) is 3.51. The van der Waals surface area contributed by atoms with E-state index in [1.165, 1.54) is 7.11 Å². The fraction of sp³-hybridized carbons (Fsp3) is 0.538. The second-order valence-electron chi connectivity index (χ2n) is 4.74. The van der Waals surface area contributed by atoms with Crippen LogP contribution in [0.25, 0.3) is 0 Å². The highest BCUT2D eigenvalue weighted by molar-refractivity contribution is 9.10. The van der Waals surface area contributed by atoms with Crippen LogP contribution in [-0.2, 0) is 16.6 Å². The molecular formula is C13H17BrN2O3. The van der Waals surface area contributed by atoms with Gasteiger partial charge in [-0.1, -0.05) is 0 Å². The highest BCUT2D eigenvalue weighted by Gasteiger charge is 2.29. The molecule has 1 aromatic heterocycles. The van der Waals surface area contributed by atoms with E-state index < -0.39 is 0 Å². The van der Waals surface area contributed by atoms with Crippen LogP contribution < -0.4 is 0 Å². The SMILES string of the molecule is COC(=O)C1CCN(C(=O)c2cc(Br)cn2C)CC1. The Hall–Kier alpha value is -1.30. The zero-order valence-electron chi connectivity index (χ0n) is 11.1. The number of rotatable bonds is 2. The van der Waals surface area contributed by atoms with Gasteiger partial charge >= 0.3 is 5.97 Å². The molecule has 6 heteroatoms. The molecule has 1 amide bonds. The summed E-state index contributed by atoms with van der Waals surface area (Å²) >= 11 is 3.36. The number of nitrogens with zero attached hydrogens (tertiary/aromatic N) is 2. The van der Waals surface area contributed by atoms with Crippen molar-refractivity contribution < 1.29 is 14.3 Å². The van der Waals surface area contributed by atoms with Gasteiger partial charge in [0.1, 0.15) is 5.69 Å². The Bertz CT molecular complexity index is 490. The van der Waals surface area contributed by atoms with Crippen molar-refractivity contribution in [3.8, 4) is 0 Å². The summed E-state index contributed by atoms with van der Waals surface area (Å²) < 4.78 is 7.44. The van der Waals surface area contributed by atoms with E-state index in [2.05, 4.69) is 15.9 Å². The Labute approximate surface area is 120 Å². The highest BCUT2D eigenvalue weighted by Crippen LogP contribution is 2.21. The van der Waals surface area contributed by atoms with Crippen LogP contribution in [-0.4, -0.2) is 41.5 Å². The molecule has 104 valence electrons. The first kappa shape index (κ1) is 14.1. The molecule has 0 spiro atoms. The predicted molar refractivity (Wildman–Crippen MR) is 73.8 cm³/mol. The van der Waals surface area contributed by atoms with Crippen molar-refractivity contribution in [3.05, 3.63) is 22.4 Å². The molecule has 2 heterocycles. The molecule has 19 heavy (non-hydrogen) atoms. The maximum Gasteiger partial charge on any atom is 0.308 e. The van der Waals surface area contributed by atoms with Crippen LogP contribution in [0.3, 0.4) is 0 Å². The van der Waals surface area contributed by atoms with Crippen molar-refractivity contribution >= 4 is 27.8 Å². The molecule has 0 saturated carbocycles. The molecule has 2 rings (SSSR count). The van der Waals surface area contributed by atoms with Gasteiger partial charge < -0.3 is 14.2 Å². The van der Waals surface area contributed by atoms with Gasteiger partial charge in [-0.15, -0.1) is 0 Å². The zero-order chi connectivity index (χ0) is 14.0. The molecule has 0 bridgehead atoms. The molecular weight excluding hydrogens is 312 g/mol. The van der Waals surface area contributed by atoms with Gasteiger partial charge in [0.2, 0.25) is 0 Å². The lowest BCUT2D eigenvalue weighted by Crippen LogP contribution is -2.41. The van der Waals surface area contributed by atoms with E-state index in [0.717, 1.165) is 4.47 Å². The Balaban J connectivity index is 2.00. The summed E-state index contributed by atoms with van der Waals surface area (Å²) in [7, 11) is 3.25. The minimum atomic E-state index is -0.172. The van der Waals surface area contributed by atoms with Crippen LogP contribution in [0.1, 0.15) is 23.3 Å². The molecule has 1 aliphatic heterocycles. The van der Waals surface area contributed by atoms with Crippen molar-refractivity contribution in [1.82, 2.24) is 9.47 Å². The number of carbonyl (C=O) groups is 2. The first-order valence-electron chi connectivity index (χ1n) is 6.22. The van der Waals surface area contributed by atoms with Gasteiger partial charge in [-0.25, -0.2) is 0 Å². The summed E-state index contributed by atoms with van der Waals surface area (Å²) in [5.74, 6) is -0.237. The first-order valence-corrected chi connectivity index (χ1v) is 7.01. The normalized spacial score (nSPS) is 16.5. The van der Waals surface area contributed by atoms with Crippen LogP contribution in [0.5, 0.6) is 0 Å². The number of ether oxygens (including phenoxy) is 1. The molecule has 5 nitrogen and oxygen atoms in total. The number of halogens is 1. The lowest BCUT2D eigenvalue weighted by Gasteiger charge is -2.30. The first-order chi connectivity index (χ1) is 9.02. The standard InChI is InChI=1S/C13H17BrN2O3/c1-15-8-10(14)7-11(15)12(17)16-5-3-9(4-6-16)13(18)19-2/h7-9H,3-6H2,1-2H3. The Kier molecular flexibility index (Phi) is 4.29. The average Bonchev–Trinajstić information content (AvgIpc) is 2.76. The van der Waals surface area contributed by atoms with Crippen molar-refractivity contribution in [2.45, 2.75) is 12.8 Å². The summed E-state index contributed by atoms with van der Waals surface area (Å²) in [6.07, 6.45) is 3.20. The number of likely N-dealkylation sites (tertiary alicyclic amines) is 1. The molecule has 1 saturated heterocycles. The number of hydrogen-bond acceptors (Lipinski definition) is 3. The smallest absolute Gasteiger partial charge is 0.308 e. The van der Waals surface area contributed by atoms with Crippen LogP contribution in [0.2, 0.25) is 0 Å². The van der Waals surface area contributed by atoms with E-state index in [1.54, 1.807) is 9.47 Å². The van der Waals surface area contributed by atoms with E-state index in [9.17, 15) is 9.59 Å². The summed E-state index contributed by atoms with van der Waals surface area (Å²) in [6.45, 7) is 1.20. The maximum atomic E-state index is 12.3. The maximum absolute atomic E-state index is 12.3. The van der Waals surface area contributed by atoms with Gasteiger partial charge in [-0.3, -0.25) is 9.59 Å². The molecule has 0 unspecified atom stereocenters. The van der Waals surface area contributed by atoms with Gasteiger partial charge in [-0.2, -0.15) is 0 Å². The third-order valence-corrected chi connectivity index (χ3v) is 3.94. The number of amides is 1. The van der Waals surface area contributed by atoms with Gasteiger partial charge in [0.15, 0.2) is 0 Å². The van der Waals surface area contributed by atoms with Crippen LogP contribution in [0, 0.1) is 5.92 Å². The van der Waals surface area contributed by atoms with Crippen molar-refractivity contribution in [2.75, 3.05) is 20.2 Å². The largest absolute Gasteiger partial charge is 0.469 e. The fourth-order valence-corrected chi connectivity index (χ4v) is 2.91. The molecule has 0 aliphatic carbocycles. The molecule has 0 radical (unpaired) electrons. The van der Waals surface area contributed by atoms with E-state index in [-0.39, 0.29) is 17.8 Å². The summed E-state index contributed by atoms with van der Waals surface area (Å²) in [5, 5.41) is 0. The van der Waals surface area contributed by atoms with E-state index in [0.29, 0.717) is 31.6 Å². The molecule has 1 aliphatic rings. The number of hydrogen-bond donors (Lipinski definition) is 0. The monoisotopic (exact) mass is 328 g/mol. The zero-order valence-corrected chi connectivity index (χ0v) is 12.6. The number of aromatic nitrogens is 1. The molecule has 1 fully saturated rings. The second-order valence-corrected chi connectivity index (χ2v) is 5.66. The second kappa shape index (κ2) is 5.77. The predicted octanol–water partition coefficient (Wildman–Crippen LogP) is 1.81. The van der Waals surface area contributed by atoms with E-state index in [4.69, 9.17) is 4.74 Å². The number of piperidine rings is 1. The quantitative estimate of drug-likeness (QED) is 0.778. The number of carbonyl (C=O) groups excluding carboxylic acids is 2. The van der Waals surface area contributed by atoms with Crippen molar-refractivity contribution in [2.24, 2.45) is 13.0 Å². The van der Waals surface area contributed by atoms with Crippen LogP contribution in [0.4, 0.5) is 0 Å². The summed E-state index contributed by atoms with van der Waals surface area (Å²) in [6, 6.07) is 1.81. The Morgan fingerprint density at radius 1 is 1.37 bits per heavy atom. The number of methoxy groups -OCH3 is 1. The Morgan fingerprint density at radius 3 is 2.47 bits per heavy atom. The topological polar surface area (TPSA) is 51.5 Å². The van der Waals surface area contributed by atoms with Crippen molar-refractivity contribution in [3.63, 3.8) is 0 Å². The van der Waals surface area contributed by atoms with Crippen LogP contribution >= 0.6 is 15.9 Å². The van der Waals surface area contributed by atoms with Crippen molar-refractivity contribution in [1.29, 1.82) is 0 Å². The molecule has 1 aromatic rings. The van der Waals surface area contributed by atoms with Gasteiger partial charge in [0, 0.05) is 30.8 Å². The van der Waals surface area contributed by atoms with Crippen LogP contribution in [0.15, 0.2) is 16.7 Å². The lowest BCUT2D eigenvalue weighted by molar-refractivity contribution is -0.146. The summed E-state index contributed by atoms with van der Waals surface area (Å²) in [5.41, 5.74) is 0.656. The van der Waals surface area contributed by atoms with E-state index >= 15 is 0 Å². The van der Waals surface area contributed by atoms with Gasteiger partial charge in [0.25, 0.3) is 5.91 Å². The Morgan fingerprint density at radius 2 is 2.00 bits per heavy atom. The number of esters is 1.